The van der Waals surface area contributed by atoms with Crippen molar-refractivity contribution in [1.29, 1.82) is 0 Å². The Kier molecular flexibility index (Phi) is 8.23. The van der Waals surface area contributed by atoms with Crippen molar-refractivity contribution in [2.75, 3.05) is 18.7 Å². The molecule has 0 unspecified atom stereocenters. The van der Waals surface area contributed by atoms with Crippen LogP contribution in [0, 0.1) is 5.92 Å². The van der Waals surface area contributed by atoms with Gasteiger partial charge in [-0.15, -0.1) is 0 Å². The molecule has 2 aliphatic heterocycles. The van der Waals surface area contributed by atoms with Gasteiger partial charge in [-0.25, -0.2) is 9.79 Å². The number of benzene rings is 2. The van der Waals surface area contributed by atoms with E-state index in [1.165, 1.54) is 28.0 Å². The lowest BCUT2D eigenvalue weighted by Crippen LogP contribution is -2.40. The zero-order valence-corrected chi connectivity index (χ0v) is 24.7. The van der Waals surface area contributed by atoms with Crippen molar-refractivity contribution in [3.05, 3.63) is 90.1 Å². The minimum absolute atomic E-state index is 0.159. The largest absolute Gasteiger partial charge is 0.496 e. The summed E-state index contributed by atoms with van der Waals surface area (Å²) in [5.74, 6) is -1.09. The van der Waals surface area contributed by atoms with Gasteiger partial charge in [-0.2, -0.15) is 10.1 Å². The Morgan fingerprint density at radius 3 is 2.59 bits per heavy atom. The molecular formula is C30H29ClN4O5S. The Hall–Kier alpha value is -4.02. The van der Waals surface area contributed by atoms with E-state index < -0.39 is 23.5 Å². The van der Waals surface area contributed by atoms with Crippen LogP contribution < -0.4 is 24.6 Å². The van der Waals surface area contributed by atoms with Crippen molar-refractivity contribution in [3.8, 4) is 5.75 Å². The van der Waals surface area contributed by atoms with Crippen LogP contribution in [-0.2, 0) is 14.3 Å². The number of rotatable bonds is 8. The van der Waals surface area contributed by atoms with Gasteiger partial charge < -0.3 is 9.47 Å². The molecule has 0 bridgehead atoms. The number of allylic oxidation sites excluding steroid dienone is 1. The molecule has 0 aliphatic carbocycles. The van der Waals surface area contributed by atoms with Crippen LogP contribution in [0.25, 0.3) is 6.08 Å². The summed E-state index contributed by atoms with van der Waals surface area (Å²) in [6.07, 6.45) is 2.85. The number of amides is 1. The molecule has 0 N–H and O–H groups in total. The molecule has 0 radical (unpaired) electrons. The number of fused-ring (bicyclic) bond motifs is 1. The molecule has 2 aromatic carbocycles. The molecule has 11 heteroatoms. The van der Waals surface area contributed by atoms with Crippen LogP contribution in [-0.4, -0.2) is 35.9 Å². The molecule has 5 rings (SSSR count). The number of nitrogens with zero attached hydrogens (tertiary/aromatic N) is 4. The van der Waals surface area contributed by atoms with Gasteiger partial charge in [-0.1, -0.05) is 54.5 Å². The van der Waals surface area contributed by atoms with E-state index in [1.807, 2.05) is 25.1 Å². The number of carbonyl (C=O) groups is 2. The van der Waals surface area contributed by atoms with E-state index in [2.05, 4.69) is 5.10 Å². The average molecular weight is 593 g/mol. The van der Waals surface area contributed by atoms with Gasteiger partial charge in [-0.3, -0.25) is 14.2 Å². The topological polar surface area (TPSA) is 103 Å². The highest BCUT2D eigenvalue weighted by molar-refractivity contribution is 7.07. The smallest absolute Gasteiger partial charge is 0.338 e. The maximum absolute atomic E-state index is 14.1. The summed E-state index contributed by atoms with van der Waals surface area (Å²) >= 11 is 7.57. The van der Waals surface area contributed by atoms with Gasteiger partial charge in [0.2, 0.25) is 0 Å². The molecule has 0 spiro atoms. The van der Waals surface area contributed by atoms with Crippen LogP contribution in [0.1, 0.15) is 45.2 Å². The number of halogens is 1. The quantitative estimate of drug-likeness (QED) is 0.364. The Morgan fingerprint density at radius 1 is 1.15 bits per heavy atom. The van der Waals surface area contributed by atoms with Crippen LogP contribution in [0.3, 0.4) is 0 Å². The molecule has 41 heavy (non-hydrogen) atoms. The van der Waals surface area contributed by atoms with Crippen LogP contribution in [0.2, 0.25) is 5.02 Å². The maximum atomic E-state index is 14.1. The normalized spacial score (nSPS) is 18.8. The monoisotopic (exact) mass is 592 g/mol. The van der Waals surface area contributed by atoms with Crippen molar-refractivity contribution in [3.63, 3.8) is 0 Å². The Balaban J connectivity index is 1.71. The number of carbonyl (C=O) groups excluding carboxylic acids is 2. The number of aromatic nitrogens is 1. The van der Waals surface area contributed by atoms with Crippen molar-refractivity contribution in [2.45, 2.75) is 39.7 Å². The first-order valence-corrected chi connectivity index (χ1v) is 14.5. The number of ether oxygens (including phenoxy) is 2. The van der Waals surface area contributed by atoms with Gasteiger partial charge in [0.1, 0.15) is 17.7 Å². The summed E-state index contributed by atoms with van der Waals surface area (Å²) in [6.45, 7) is 5.63. The first-order chi connectivity index (χ1) is 19.8. The van der Waals surface area contributed by atoms with Gasteiger partial charge in [-0.05, 0) is 56.7 Å². The second kappa shape index (κ2) is 11.8. The third-order valence-electron chi connectivity index (χ3n) is 6.88. The predicted molar refractivity (Wildman–Crippen MR) is 159 cm³/mol. The highest BCUT2D eigenvalue weighted by Gasteiger charge is 2.37. The number of thiazole rings is 1. The van der Waals surface area contributed by atoms with E-state index in [1.54, 1.807) is 50.3 Å². The first kappa shape index (κ1) is 28.5. The lowest BCUT2D eigenvalue weighted by atomic mass is 9.93. The maximum Gasteiger partial charge on any atom is 0.338 e. The van der Waals surface area contributed by atoms with Crippen LogP contribution in [0.4, 0.5) is 5.69 Å². The Bertz CT molecular complexity index is 1760. The summed E-state index contributed by atoms with van der Waals surface area (Å²) in [5.41, 5.74) is 2.15. The molecule has 1 amide bonds. The van der Waals surface area contributed by atoms with E-state index in [-0.39, 0.29) is 18.1 Å². The Morgan fingerprint density at radius 2 is 1.90 bits per heavy atom. The minimum atomic E-state index is -0.891. The molecule has 3 heterocycles. The van der Waals surface area contributed by atoms with Crippen molar-refractivity contribution >= 4 is 52.3 Å². The fourth-order valence-electron chi connectivity index (χ4n) is 5.03. The van der Waals surface area contributed by atoms with E-state index in [9.17, 15) is 14.4 Å². The van der Waals surface area contributed by atoms with Gasteiger partial charge >= 0.3 is 5.97 Å². The molecule has 1 aromatic heterocycles. The highest BCUT2D eigenvalue weighted by atomic mass is 35.5. The molecule has 2 atom stereocenters. The van der Waals surface area contributed by atoms with Crippen molar-refractivity contribution < 1.29 is 19.1 Å². The fourth-order valence-corrected chi connectivity index (χ4v) is 6.23. The number of esters is 1. The number of para-hydroxylation sites is 1. The molecule has 0 fully saturated rings. The predicted octanol–water partition coefficient (Wildman–Crippen LogP) is 4.23. The summed E-state index contributed by atoms with van der Waals surface area (Å²) < 4.78 is 12.9. The third kappa shape index (κ3) is 5.25. The van der Waals surface area contributed by atoms with Gasteiger partial charge in [0.05, 0.1) is 40.9 Å². The molecule has 212 valence electrons. The Labute approximate surface area is 245 Å². The number of hydrogen-bond acceptors (Lipinski definition) is 8. The third-order valence-corrected chi connectivity index (χ3v) is 8.12. The second-order valence-corrected chi connectivity index (χ2v) is 11.0. The van der Waals surface area contributed by atoms with Crippen molar-refractivity contribution in [1.82, 2.24) is 4.57 Å². The zero-order valence-electron chi connectivity index (χ0n) is 23.1. The number of methoxy groups -OCH3 is 1. The molecular weight excluding hydrogens is 564 g/mol. The lowest BCUT2D eigenvalue weighted by molar-refractivity contribution is -0.139. The fraction of sp³-hybridized carbons (Fsp3) is 0.300. The average Bonchev–Trinajstić information content (AvgIpc) is 3.43. The summed E-state index contributed by atoms with van der Waals surface area (Å²) in [4.78, 5) is 46.1. The zero-order chi connectivity index (χ0) is 29.3. The molecule has 0 saturated carbocycles. The molecule has 3 aromatic rings. The first-order valence-electron chi connectivity index (χ1n) is 13.3. The summed E-state index contributed by atoms with van der Waals surface area (Å²) in [6, 6.07) is 13.3. The lowest BCUT2D eigenvalue weighted by Gasteiger charge is -2.27. The molecule has 0 saturated heterocycles. The number of hydrogen-bond donors (Lipinski definition) is 0. The number of hydrazone groups is 1. The van der Waals surface area contributed by atoms with E-state index in [0.717, 1.165) is 6.42 Å². The highest BCUT2D eigenvalue weighted by Crippen LogP contribution is 2.38. The summed E-state index contributed by atoms with van der Waals surface area (Å²) in [5, 5.41) is 6.23. The second-order valence-electron chi connectivity index (χ2n) is 9.53. The van der Waals surface area contributed by atoms with E-state index in [4.69, 9.17) is 26.1 Å². The number of anilines is 1. The minimum Gasteiger partial charge on any atom is -0.496 e. The van der Waals surface area contributed by atoms with Crippen LogP contribution in [0.15, 0.2) is 74.7 Å². The van der Waals surface area contributed by atoms with Gasteiger partial charge in [0.25, 0.3) is 11.5 Å². The van der Waals surface area contributed by atoms with Crippen LogP contribution in [0.5, 0.6) is 5.75 Å². The van der Waals surface area contributed by atoms with Gasteiger partial charge in [0.15, 0.2) is 4.80 Å². The molecule has 2 aliphatic rings. The standard InChI is InChI=1S/C30H29ClN4O5S/c1-5-10-22-25(29(38)40-6-2)26(21-15-18(31)13-14-23(21)39-4)34-28(37)24(41-30(34)32-22)16-20-17(3)33-35(27(20)36)19-11-8-7-9-12-19/h7-9,11-16,20,26H,5-6,10H2,1-4H3/b24-16-/t20-,26+/m1/s1. The van der Waals surface area contributed by atoms with E-state index >= 15 is 0 Å². The van der Waals surface area contributed by atoms with Crippen molar-refractivity contribution in [2.24, 2.45) is 16.0 Å². The van der Waals surface area contributed by atoms with E-state index in [0.29, 0.717) is 49.2 Å². The van der Waals surface area contributed by atoms with Crippen LogP contribution >= 0.6 is 22.9 Å². The summed E-state index contributed by atoms with van der Waals surface area (Å²) in [7, 11) is 1.52. The SMILES string of the molecule is CCCC1=C(C(=O)OCC)[C@H](c2cc(Cl)ccc2OC)n2c(s/c(=C\[C@H]3C(=O)N(c4ccccc4)N=C3C)c2=O)=N1. The van der Waals surface area contributed by atoms with Gasteiger partial charge in [0, 0.05) is 10.6 Å². The molecule has 9 nitrogen and oxygen atoms in total.